The molecule has 0 aromatic carbocycles. The maximum absolute atomic E-state index is 11.7. The number of methoxy groups -OCH3 is 1. The van der Waals surface area contributed by atoms with Gasteiger partial charge in [0.15, 0.2) is 0 Å². The van der Waals surface area contributed by atoms with Gasteiger partial charge in [-0.1, -0.05) is 25.8 Å². The summed E-state index contributed by atoms with van der Waals surface area (Å²) in [6, 6.07) is 0. The van der Waals surface area contributed by atoms with Crippen molar-refractivity contribution in [2.24, 2.45) is 11.8 Å². The third-order valence-electron chi connectivity index (χ3n) is 3.78. The summed E-state index contributed by atoms with van der Waals surface area (Å²) in [6.45, 7) is 3.66. The van der Waals surface area contributed by atoms with Crippen molar-refractivity contribution in [1.29, 1.82) is 0 Å². The largest absolute Gasteiger partial charge is 0.468 e. The van der Waals surface area contributed by atoms with Crippen LogP contribution in [0.5, 0.6) is 0 Å². The van der Waals surface area contributed by atoms with Crippen molar-refractivity contribution in [3.05, 3.63) is 12.2 Å². The average Bonchev–Trinajstić information content (AvgIpc) is 2.66. The lowest BCUT2D eigenvalue weighted by atomic mass is 9.79. The van der Waals surface area contributed by atoms with E-state index >= 15 is 0 Å². The van der Waals surface area contributed by atoms with Gasteiger partial charge in [0.25, 0.3) is 0 Å². The van der Waals surface area contributed by atoms with Crippen molar-refractivity contribution >= 4 is 11.9 Å². The standard InChI is InChI=1S/C13H18O4/c1-8-10(13(15)16-2)11(17-12(8)14)9-6-4-3-5-7-9/h9-11H,1,3-7H2,2H3/t10-,11+/m1/s1. The molecule has 0 aromatic heterocycles. The lowest BCUT2D eigenvalue weighted by molar-refractivity contribution is -0.150. The Bertz CT molecular complexity index is 341. The molecule has 2 aliphatic rings. The third-order valence-corrected chi connectivity index (χ3v) is 3.78. The number of cyclic esters (lactones) is 1. The molecular formula is C13H18O4. The fraction of sp³-hybridized carbons (Fsp3) is 0.692. The highest BCUT2D eigenvalue weighted by Gasteiger charge is 2.47. The van der Waals surface area contributed by atoms with Crippen molar-refractivity contribution in [3.63, 3.8) is 0 Å². The summed E-state index contributed by atoms with van der Waals surface area (Å²) >= 11 is 0. The van der Waals surface area contributed by atoms with Crippen LogP contribution in [0.3, 0.4) is 0 Å². The molecule has 4 heteroatoms. The lowest BCUT2D eigenvalue weighted by Crippen LogP contribution is -2.33. The van der Waals surface area contributed by atoms with Gasteiger partial charge in [-0.15, -0.1) is 0 Å². The highest BCUT2D eigenvalue weighted by atomic mass is 16.6. The summed E-state index contributed by atoms with van der Waals surface area (Å²) in [5, 5.41) is 0. The van der Waals surface area contributed by atoms with Crippen LogP contribution >= 0.6 is 0 Å². The number of esters is 2. The van der Waals surface area contributed by atoms with E-state index in [1.54, 1.807) is 0 Å². The number of hydrogen-bond acceptors (Lipinski definition) is 4. The van der Waals surface area contributed by atoms with Gasteiger partial charge in [0.1, 0.15) is 12.0 Å². The number of carbonyl (C=O) groups is 2. The van der Waals surface area contributed by atoms with E-state index in [-0.39, 0.29) is 17.6 Å². The van der Waals surface area contributed by atoms with E-state index in [2.05, 4.69) is 6.58 Å². The third kappa shape index (κ3) is 2.21. The predicted molar refractivity (Wildman–Crippen MR) is 61.1 cm³/mol. The summed E-state index contributed by atoms with van der Waals surface area (Å²) in [5.74, 6) is -1.18. The summed E-state index contributed by atoms with van der Waals surface area (Å²) in [6.07, 6.45) is 5.17. The zero-order chi connectivity index (χ0) is 12.4. The molecule has 1 saturated heterocycles. The molecule has 0 bridgehead atoms. The Morgan fingerprint density at radius 1 is 1.35 bits per heavy atom. The molecule has 2 atom stereocenters. The summed E-state index contributed by atoms with van der Waals surface area (Å²) in [4.78, 5) is 23.2. The number of carbonyl (C=O) groups excluding carboxylic acids is 2. The molecule has 1 saturated carbocycles. The lowest BCUT2D eigenvalue weighted by Gasteiger charge is -2.28. The van der Waals surface area contributed by atoms with Gasteiger partial charge in [-0.3, -0.25) is 4.79 Å². The average molecular weight is 238 g/mol. The first-order valence-electron chi connectivity index (χ1n) is 6.12. The molecule has 1 aliphatic heterocycles. The van der Waals surface area contributed by atoms with Crippen LogP contribution in [0.15, 0.2) is 12.2 Å². The summed E-state index contributed by atoms with van der Waals surface area (Å²) < 4.78 is 10.1. The second kappa shape index (κ2) is 4.90. The molecule has 2 rings (SSSR count). The molecule has 4 nitrogen and oxygen atoms in total. The van der Waals surface area contributed by atoms with Gasteiger partial charge in [0, 0.05) is 5.57 Å². The molecule has 94 valence electrons. The highest BCUT2D eigenvalue weighted by molar-refractivity contribution is 5.98. The van der Waals surface area contributed by atoms with Crippen LogP contribution < -0.4 is 0 Å². The summed E-state index contributed by atoms with van der Waals surface area (Å²) in [7, 11) is 1.33. The molecule has 0 aromatic rings. The van der Waals surface area contributed by atoms with Gasteiger partial charge >= 0.3 is 11.9 Å². The zero-order valence-corrected chi connectivity index (χ0v) is 10.1. The molecule has 17 heavy (non-hydrogen) atoms. The Labute approximate surface area is 101 Å². The normalized spacial score (nSPS) is 30.2. The van der Waals surface area contributed by atoms with Crippen molar-refractivity contribution in [2.45, 2.75) is 38.2 Å². The van der Waals surface area contributed by atoms with Crippen LogP contribution in [-0.2, 0) is 19.1 Å². The maximum atomic E-state index is 11.7. The van der Waals surface area contributed by atoms with Gasteiger partial charge in [0.05, 0.1) is 7.11 Å². The van der Waals surface area contributed by atoms with E-state index in [4.69, 9.17) is 9.47 Å². The fourth-order valence-corrected chi connectivity index (χ4v) is 2.83. The smallest absolute Gasteiger partial charge is 0.334 e. The molecular weight excluding hydrogens is 220 g/mol. The van der Waals surface area contributed by atoms with E-state index in [0.717, 1.165) is 25.7 Å². The van der Waals surface area contributed by atoms with Crippen molar-refractivity contribution in [3.8, 4) is 0 Å². The van der Waals surface area contributed by atoms with Crippen LogP contribution in [0.2, 0.25) is 0 Å². The van der Waals surface area contributed by atoms with Crippen molar-refractivity contribution in [1.82, 2.24) is 0 Å². The molecule has 0 unspecified atom stereocenters. The Balaban J connectivity index is 2.16. The van der Waals surface area contributed by atoms with Gasteiger partial charge in [0.2, 0.25) is 0 Å². The first kappa shape index (κ1) is 12.1. The second-order valence-electron chi connectivity index (χ2n) is 4.79. The zero-order valence-electron chi connectivity index (χ0n) is 10.1. The first-order valence-corrected chi connectivity index (χ1v) is 6.12. The van der Waals surface area contributed by atoms with E-state index in [0.29, 0.717) is 0 Å². The molecule has 1 heterocycles. The van der Waals surface area contributed by atoms with Crippen molar-refractivity contribution < 1.29 is 19.1 Å². The quantitative estimate of drug-likeness (QED) is 0.544. The Morgan fingerprint density at radius 2 is 2.00 bits per heavy atom. The first-order chi connectivity index (χ1) is 8.15. The summed E-state index contributed by atoms with van der Waals surface area (Å²) in [5.41, 5.74) is 0.243. The molecule has 0 amide bonds. The maximum Gasteiger partial charge on any atom is 0.334 e. The van der Waals surface area contributed by atoms with Crippen molar-refractivity contribution in [2.75, 3.05) is 7.11 Å². The van der Waals surface area contributed by atoms with E-state index in [9.17, 15) is 9.59 Å². The number of rotatable bonds is 2. The van der Waals surface area contributed by atoms with Crippen LogP contribution in [0, 0.1) is 11.8 Å². The Kier molecular flexibility index (Phi) is 3.50. The molecule has 1 aliphatic carbocycles. The van der Waals surface area contributed by atoms with Crippen LogP contribution in [0.4, 0.5) is 0 Å². The van der Waals surface area contributed by atoms with Crippen LogP contribution in [0.1, 0.15) is 32.1 Å². The van der Waals surface area contributed by atoms with Gasteiger partial charge in [-0.05, 0) is 18.8 Å². The van der Waals surface area contributed by atoms with E-state index < -0.39 is 17.9 Å². The minimum atomic E-state index is -0.601. The van der Waals surface area contributed by atoms with E-state index in [1.807, 2.05) is 0 Å². The minimum absolute atomic E-state index is 0.243. The fourth-order valence-electron chi connectivity index (χ4n) is 2.83. The topological polar surface area (TPSA) is 52.6 Å². The molecule has 0 spiro atoms. The Hall–Kier alpha value is -1.32. The monoisotopic (exact) mass is 238 g/mol. The SMILES string of the molecule is C=C1C(=O)O[C@@H](C2CCCCC2)[C@@H]1C(=O)OC. The van der Waals surface area contributed by atoms with Gasteiger partial charge < -0.3 is 9.47 Å². The highest BCUT2D eigenvalue weighted by Crippen LogP contribution is 2.38. The predicted octanol–water partition coefficient (Wildman–Crippen LogP) is 1.84. The second-order valence-corrected chi connectivity index (χ2v) is 4.79. The molecule has 0 N–H and O–H groups in total. The number of ether oxygens (including phenoxy) is 2. The van der Waals surface area contributed by atoms with Gasteiger partial charge in [-0.2, -0.15) is 0 Å². The molecule has 0 radical (unpaired) electrons. The van der Waals surface area contributed by atoms with Gasteiger partial charge in [-0.25, -0.2) is 4.79 Å². The van der Waals surface area contributed by atoms with Crippen LogP contribution in [0.25, 0.3) is 0 Å². The molecule has 2 fully saturated rings. The minimum Gasteiger partial charge on any atom is -0.468 e. The number of hydrogen-bond donors (Lipinski definition) is 0. The van der Waals surface area contributed by atoms with E-state index in [1.165, 1.54) is 13.5 Å². The Morgan fingerprint density at radius 3 is 2.59 bits per heavy atom. The van der Waals surface area contributed by atoms with Crippen LogP contribution in [-0.4, -0.2) is 25.2 Å².